The number of amides is 1. The summed E-state index contributed by atoms with van der Waals surface area (Å²) in [6.07, 6.45) is 0.610. The molecule has 0 aliphatic heterocycles. The van der Waals surface area contributed by atoms with Crippen LogP contribution in [-0.2, 0) is 4.79 Å². The Hall–Kier alpha value is -3.84. The molecule has 0 aliphatic rings. The van der Waals surface area contributed by atoms with Crippen molar-refractivity contribution in [3.63, 3.8) is 0 Å². The maximum Gasteiger partial charge on any atom is 0.352 e. The Labute approximate surface area is 190 Å². The van der Waals surface area contributed by atoms with Crippen molar-refractivity contribution in [2.75, 3.05) is 0 Å². The molecule has 0 unspecified atom stereocenters. The molecule has 0 saturated carbocycles. The summed E-state index contributed by atoms with van der Waals surface area (Å²) in [4.78, 5) is 24.3. The number of nitrogens with zero attached hydrogens (tertiary/aromatic N) is 1. The minimum atomic E-state index is -0.819. The van der Waals surface area contributed by atoms with Gasteiger partial charge in [0.2, 0.25) is 0 Å². The molecule has 7 nitrogen and oxygen atoms in total. The van der Waals surface area contributed by atoms with E-state index in [1.807, 2.05) is 6.92 Å². The molecule has 0 aliphatic carbocycles. The molecular formula is C24H21ClN2O5. The number of hydrogen-bond acceptors (Lipinski definition) is 6. The molecule has 0 radical (unpaired) electrons. The number of aryl methyl sites for hydroxylation is 1. The van der Waals surface area contributed by atoms with Gasteiger partial charge in [0.25, 0.3) is 5.91 Å². The lowest BCUT2D eigenvalue weighted by Gasteiger charge is -2.15. The van der Waals surface area contributed by atoms with Crippen LogP contribution in [0.4, 0.5) is 0 Å². The summed E-state index contributed by atoms with van der Waals surface area (Å²) in [6, 6.07) is 17.9. The maximum absolute atomic E-state index is 12.3. The van der Waals surface area contributed by atoms with Crippen LogP contribution in [0.25, 0.3) is 0 Å². The molecule has 0 spiro atoms. The number of para-hydroxylation sites is 1. The molecule has 8 heteroatoms. The van der Waals surface area contributed by atoms with Crippen LogP contribution in [0.1, 0.15) is 28.4 Å². The fourth-order valence-corrected chi connectivity index (χ4v) is 2.92. The van der Waals surface area contributed by atoms with Crippen LogP contribution in [0.3, 0.4) is 0 Å². The van der Waals surface area contributed by atoms with E-state index in [0.29, 0.717) is 22.1 Å². The van der Waals surface area contributed by atoms with Crippen LogP contribution in [0.5, 0.6) is 17.2 Å². The second-order valence-electron chi connectivity index (χ2n) is 6.88. The summed E-state index contributed by atoms with van der Waals surface area (Å²) in [6.45, 7) is 3.44. The zero-order chi connectivity index (χ0) is 23.1. The largest absolute Gasteiger partial charge is 0.507 e. The Morgan fingerprint density at radius 3 is 2.50 bits per heavy atom. The van der Waals surface area contributed by atoms with E-state index in [2.05, 4.69) is 10.5 Å². The van der Waals surface area contributed by atoms with E-state index in [-0.39, 0.29) is 11.3 Å². The molecule has 164 valence electrons. The highest BCUT2D eigenvalue weighted by Gasteiger charge is 2.18. The monoisotopic (exact) mass is 452 g/mol. The fraction of sp³-hybridized carbons (Fsp3) is 0.125. The van der Waals surface area contributed by atoms with Gasteiger partial charge in [0.05, 0.1) is 11.8 Å². The summed E-state index contributed by atoms with van der Waals surface area (Å²) in [5, 5.41) is 14.1. The summed E-state index contributed by atoms with van der Waals surface area (Å²) < 4.78 is 11.0. The molecule has 2 N–H and O–H groups in total. The number of ether oxygens (including phenoxy) is 2. The molecule has 3 aromatic rings. The first-order chi connectivity index (χ1) is 15.3. The van der Waals surface area contributed by atoms with Crippen molar-refractivity contribution in [2.24, 2.45) is 5.10 Å². The first kappa shape index (κ1) is 22.8. The van der Waals surface area contributed by atoms with Crippen molar-refractivity contribution in [1.82, 2.24) is 5.43 Å². The third-order valence-electron chi connectivity index (χ3n) is 4.40. The van der Waals surface area contributed by atoms with Gasteiger partial charge in [0.1, 0.15) is 17.2 Å². The number of esters is 1. The molecule has 0 saturated heterocycles. The highest BCUT2D eigenvalue weighted by atomic mass is 35.5. The van der Waals surface area contributed by atoms with E-state index in [4.69, 9.17) is 21.1 Å². The topological polar surface area (TPSA) is 97.2 Å². The zero-order valence-corrected chi connectivity index (χ0v) is 18.2. The highest BCUT2D eigenvalue weighted by Crippen LogP contribution is 2.23. The van der Waals surface area contributed by atoms with Crippen LogP contribution in [-0.4, -0.2) is 29.3 Å². The molecule has 0 aromatic heterocycles. The molecule has 0 heterocycles. The molecule has 1 atom stereocenters. The van der Waals surface area contributed by atoms with E-state index in [9.17, 15) is 14.7 Å². The van der Waals surface area contributed by atoms with E-state index >= 15 is 0 Å². The molecule has 3 rings (SSSR count). The van der Waals surface area contributed by atoms with E-state index < -0.39 is 18.0 Å². The van der Waals surface area contributed by atoms with Crippen molar-refractivity contribution < 1.29 is 24.2 Å². The Balaban J connectivity index is 1.53. The fourth-order valence-electron chi connectivity index (χ4n) is 2.70. The molecule has 0 fully saturated rings. The SMILES string of the molecule is Cc1cc(Cl)ccc1O[C@H](C)C(=O)Oc1ccc(/C=N\NC(=O)c2ccccc2O)cc1. The number of halogens is 1. The summed E-state index contributed by atoms with van der Waals surface area (Å²) in [5.41, 5.74) is 3.95. The third-order valence-corrected chi connectivity index (χ3v) is 4.63. The number of benzene rings is 3. The minimum Gasteiger partial charge on any atom is -0.507 e. The average Bonchev–Trinajstić information content (AvgIpc) is 2.77. The van der Waals surface area contributed by atoms with Crippen LogP contribution >= 0.6 is 11.6 Å². The predicted molar refractivity (Wildman–Crippen MR) is 122 cm³/mol. The zero-order valence-electron chi connectivity index (χ0n) is 17.4. The number of aromatic hydroxyl groups is 1. The average molecular weight is 453 g/mol. The Morgan fingerprint density at radius 1 is 1.09 bits per heavy atom. The van der Waals surface area contributed by atoms with Crippen LogP contribution in [0.15, 0.2) is 71.8 Å². The van der Waals surface area contributed by atoms with Crippen molar-refractivity contribution in [2.45, 2.75) is 20.0 Å². The second-order valence-corrected chi connectivity index (χ2v) is 7.31. The lowest BCUT2D eigenvalue weighted by atomic mass is 10.2. The van der Waals surface area contributed by atoms with E-state index in [1.165, 1.54) is 18.3 Å². The number of rotatable bonds is 7. The lowest BCUT2D eigenvalue weighted by molar-refractivity contribution is -0.141. The summed E-state index contributed by atoms with van der Waals surface area (Å²) in [5.74, 6) is -0.314. The van der Waals surface area contributed by atoms with Gasteiger partial charge in [-0.25, -0.2) is 10.2 Å². The highest BCUT2D eigenvalue weighted by molar-refractivity contribution is 6.30. The number of nitrogens with one attached hydrogen (secondary N) is 1. The Bertz CT molecular complexity index is 1150. The number of phenols is 1. The normalized spacial score (nSPS) is 11.7. The summed E-state index contributed by atoms with van der Waals surface area (Å²) >= 11 is 5.93. The number of phenolic OH excluding ortho intramolecular Hbond substituents is 1. The molecule has 32 heavy (non-hydrogen) atoms. The van der Waals surface area contributed by atoms with Crippen molar-refractivity contribution in [1.29, 1.82) is 0 Å². The van der Waals surface area contributed by atoms with Crippen LogP contribution in [0.2, 0.25) is 5.02 Å². The van der Waals surface area contributed by atoms with E-state index in [1.54, 1.807) is 61.5 Å². The summed E-state index contributed by atoms with van der Waals surface area (Å²) in [7, 11) is 0. The quantitative estimate of drug-likeness (QED) is 0.238. The van der Waals surface area contributed by atoms with Gasteiger partial charge in [-0.2, -0.15) is 5.10 Å². The van der Waals surface area contributed by atoms with Crippen LogP contribution < -0.4 is 14.9 Å². The van der Waals surface area contributed by atoms with Crippen molar-refractivity contribution >= 4 is 29.7 Å². The van der Waals surface area contributed by atoms with E-state index in [0.717, 1.165) is 5.56 Å². The van der Waals surface area contributed by atoms with Crippen molar-refractivity contribution in [3.05, 3.63) is 88.4 Å². The number of carbonyl (C=O) groups is 2. The smallest absolute Gasteiger partial charge is 0.352 e. The van der Waals surface area contributed by atoms with Gasteiger partial charge in [-0.3, -0.25) is 4.79 Å². The molecular weight excluding hydrogens is 432 g/mol. The van der Waals surface area contributed by atoms with Gasteiger partial charge in [-0.15, -0.1) is 0 Å². The van der Waals surface area contributed by atoms with Gasteiger partial charge in [-0.05, 0) is 79.6 Å². The maximum atomic E-state index is 12.3. The van der Waals surface area contributed by atoms with Crippen molar-refractivity contribution in [3.8, 4) is 17.2 Å². The molecule has 1 amide bonds. The number of carbonyl (C=O) groups excluding carboxylic acids is 2. The first-order valence-corrected chi connectivity index (χ1v) is 10.1. The number of hydrazone groups is 1. The first-order valence-electron chi connectivity index (χ1n) is 9.69. The Morgan fingerprint density at radius 2 is 1.81 bits per heavy atom. The van der Waals surface area contributed by atoms with Gasteiger partial charge in [0.15, 0.2) is 6.10 Å². The molecule has 3 aromatic carbocycles. The van der Waals surface area contributed by atoms with Crippen LogP contribution in [0, 0.1) is 6.92 Å². The predicted octanol–water partition coefficient (Wildman–Crippen LogP) is 4.49. The Kier molecular flexibility index (Phi) is 7.46. The molecule has 0 bridgehead atoms. The second kappa shape index (κ2) is 10.5. The van der Waals surface area contributed by atoms with Gasteiger partial charge >= 0.3 is 5.97 Å². The minimum absolute atomic E-state index is 0.122. The van der Waals surface area contributed by atoms with Gasteiger partial charge < -0.3 is 14.6 Å². The van der Waals surface area contributed by atoms with Gasteiger partial charge in [-0.1, -0.05) is 23.7 Å². The van der Waals surface area contributed by atoms with Gasteiger partial charge in [0, 0.05) is 5.02 Å². The third kappa shape index (κ3) is 6.09. The standard InChI is InChI=1S/C24H21ClN2O5/c1-15-13-18(25)9-12-22(15)31-16(2)24(30)32-19-10-7-17(8-11-19)14-26-27-23(29)20-5-3-4-6-21(20)28/h3-14,16,28H,1-2H3,(H,27,29)/b26-14-/t16-/m1/s1. The lowest BCUT2D eigenvalue weighted by Crippen LogP contribution is -2.28. The number of hydrogen-bond donors (Lipinski definition) is 2.